The molecule has 1 aromatic heterocycles. The van der Waals surface area contributed by atoms with Crippen LogP contribution in [0.3, 0.4) is 0 Å². The van der Waals surface area contributed by atoms with E-state index in [2.05, 4.69) is 4.98 Å². The Morgan fingerprint density at radius 2 is 1.17 bits per heavy atom. The van der Waals surface area contributed by atoms with Crippen LogP contribution in [0.5, 0.6) is 0 Å². The van der Waals surface area contributed by atoms with Gasteiger partial charge in [-0.2, -0.15) is 26.3 Å². The number of pyridine rings is 1. The third kappa shape index (κ3) is 4.36. The van der Waals surface area contributed by atoms with Crippen molar-refractivity contribution < 1.29 is 31.3 Å². The number of hydrogen-bond donors (Lipinski definition) is 0. The highest BCUT2D eigenvalue weighted by Gasteiger charge is 2.31. The molecule has 0 saturated carbocycles. The summed E-state index contributed by atoms with van der Waals surface area (Å²) in [6, 6.07) is 8.79. The molecule has 0 unspecified atom stereocenters. The minimum Gasteiger partial charge on any atom is -0.258 e. The lowest BCUT2D eigenvalue weighted by molar-refractivity contribution is -0.384. The highest BCUT2D eigenvalue weighted by Crippen LogP contribution is 2.36. The van der Waals surface area contributed by atoms with Crippen molar-refractivity contribution in [2.24, 2.45) is 0 Å². The average Bonchev–Trinajstić information content (AvgIpc) is 2.66. The molecule has 150 valence electrons. The normalized spacial score (nSPS) is 12.1. The molecule has 2 aromatic carbocycles. The van der Waals surface area contributed by atoms with Gasteiger partial charge in [0.2, 0.25) is 0 Å². The van der Waals surface area contributed by atoms with Crippen LogP contribution in [0.25, 0.3) is 22.4 Å². The van der Waals surface area contributed by atoms with E-state index in [0.29, 0.717) is 0 Å². The Morgan fingerprint density at radius 1 is 0.724 bits per heavy atom. The van der Waals surface area contributed by atoms with E-state index in [4.69, 9.17) is 0 Å². The van der Waals surface area contributed by atoms with E-state index in [1.54, 1.807) is 0 Å². The molecule has 29 heavy (non-hydrogen) atoms. The van der Waals surface area contributed by atoms with Gasteiger partial charge in [-0.25, -0.2) is 4.98 Å². The molecule has 4 nitrogen and oxygen atoms in total. The van der Waals surface area contributed by atoms with Crippen LogP contribution in [0.1, 0.15) is 11.1 Å². The van der Waals surface area contributed by atoms with Gasteiger partial charge in [-0.15, -0.1) is 0 Å². The first-order valence-corrected chi connectivity index (χ1v) is 7.96. The largest absolute Gasteiger partial charge is 0.416 e. The fourth-order valence-corrected chi connectivity index (χ4v) is 2.64. The van der Waals surface area contributed by atoms with Crippen LogP contribution in [0, 0.1) is 10.1 Å². The zero-order valence-corrected chi connectivity index (χ0v) is 14.3. The molecule has 0 atom stereocenters. The maximum Gasteiger partial charge on any atom is 0.416 e. The molecule has 0 spiro atoms. The summed E-state index contributed by atoms with van der Waals surface area (Å²) in [5.74, 6) is 0. The standard InChI is InChI=1S/C19H10F6N2O2/c20-18(21,22)14-5-1-11(2-6-14)13-9-16(27(28)29)17(26-10-13)12-3-7-15(8-4-12)19(23,24)25/h1-10H. The van der Waals surface area contributed by atoms with Gasteiger partial charge in [0, 0.05) is 23.4 Å². The summed E-state index contributed by atoms with van der Waals surface area (Å²) in [5, 5.41) is 11.4. The number of hydrogen-bond acceptors (Lipinski definition) is 3. The predicted molar refractivity (Wildman–Crippen MR) is 91.8 cm³/mol. The predicted octanol–water partition coefficient (Wildman–Crippen LogP) is 6.36. The molecule has 0 saturated heterocycles. The van der Waals surface area contributed by atoms with Crippen molar-refractivity contribution in [3.8, 4) is 22.4 Å². The van der Waals surface area contributed by atoms with E-state index < -0.39 is 34.1 Å². The van der Waals surface area contributed by atoms with Gasteiger partial charge in [-0.05, 0) is 29.8 Å². The Bertz CT molecular complexity index is 1040. The van der Waals surface area contributed by atoms with Crippen molar-refractivity contribution in [1.29, 1.82) is 0 Å². The van der Waals surface area contributed by atoms with E-state index in [0.717, 1.165) is 54.6 Å². The molecule has 0 N–H and O–H groups in total. The van der Waals surface area contributed by atoms with Crippen molar-refractivity contribution in [3.63, 3.8) is 0 Å². The Kier molecular flexibility index (Phi) is 5.04. The molecule has 0 radical (unpaired) electrons. The number of benzene rings is 2. The van der Waals surface area contributed by atoms with Gasteiger partial charge < -0.3 is 0 Å². The summed E-state index contributed by atoms with van der Waals surface area (Å²) in [7, 11) is 0. The fraction of sp³-hybridized carbons (Fsp3) is 0.105. The highest BCUT2D eigenvalue weighted by molar-refractivity contribution is 5.75. The summed E-state index contributed by atoms with van der Waals surface area (Å²) in [6.45, 7) is 0. The Hall–Kier alpha value is -3.43. The smallest absolute Gasteiger partial charge is 0.258 e. The maximum absolute atomic E-state index is 12.7. The van der Waals surface area contributed by atoms with Crippen LogP contribution in [0.2, 0.25) is 0 Å². The SMILES string of the molecule is O=[N+]([O-])c1cc(-c2ccc(C(F)(F)F)cc2)cnc1-c1ccc(C(F)(F)F)cc1. The van der Waals surface area contributed by atoms with Gasteiger partial charge in [-0.1, -0.05) is 24.3 Å². The second kappa shape index (κ2) is 7.19. The van der Waals surface area contributed by atoms with Crippen LogP contribution in [0.15, 0.2) is 60.8 Å². The van der Waals surface area contributed by atoms with Gasteiger partial charge >= 0.3 is 12.4 Å². The molecule has 1 heterocycles. The lowest BCUT2D eigenvalue weighted by atomic mass is 10.0. The monoisotopic (exact) mass is 412 g/mol. The van der Waals surface area contributed by atoms with Crippen molar-refractivity contribution in [3.05, 3.63) is 82.0 Å². The van der Waals surface area contributed by atoms with Gasteiger partial charge in [-0.3, -0.25) is 10.1 Å². The number of nitro groups is 1. The van der Waals surface area contributed by atoms with Crippen LogP contribution in [-0.2, 0) is 12.4 Å². The van der Waals surface area contributed by atoms with Gasteiger partial charge in [0.25, 0.3) is 5.69 Å². The van der Waals surface area contributed by atoms with Gasteiger partial charge in [0.15, 0.2) is 0 Å². The van der Waals surface area contributed by atoms with E-state index in [-0.39, 0.29) is 22.4 Å². The summed E-state index contributed by atoms with van der Waals surface area (Å²) in [6.07, 6.45) is -7.86. The lowest BCUT2D eigenvalue weighted by Crippen LogP contribution is -2.04. The summed E-state index contributed by atoms with van der Waals surface area (Å²) >= 11 is 0. The first-order chi connectivity index (χ1) is 13.5. The topological polar surface area (TPSA) is 56.0 Å². The maximum atomic E-state index is 12.7. The molecule has 0 aliphatic heterocycles. The average molecular weight is 412 g/mol. The van der Waals surface area contributed by atoms with Crippen molar-refractivity contribution >= 4 is 5.69 Å². The number of alkyl halides is 6. The van der Waals surface area contributed by atoms with Gasteiger partial charge in [0.05, 0.1) is 16.1 Å². The second-order valence-corrected chi connectivity index (χ2v) is 6.00. The quantitative estimate of drug-likeness (QED) is 0.286. The second-order valence-electron chi connectivity index (χ2n) is 6.00. The first kappa shape index (κ1) is 20.3. The third-order valence-corrected chi connectivity index (χ3v) is 4.10. The summed E-state index contributed by atoms with van der Waals surface area (Å²) in [4.78, 5) is 14.6. The molecule has 3 aromatic rings. The van der Waals surface area contributed by atoms with E-state index in [1.807, 2.05) is 0 Å². The van der Waals surface area contributed by atoms with Crippen molar-refractivity contribution in [2.75, 3.05) is 0 Å². The molecule has 0 amide bonds. The summed E-state index contributed by atoms with van der Waals surface area (Å²) in [5.41, 5.74) is -1.85. The molecule has 10 heteroatoms. The molecule has 0 aliphatic rings. The van der Waals surface area contributed by atoms with Gasteiger partial charge in [0.1, 0.15) is 5.69 Å². The minimum atomic E-state index is -4.55. The molecular formula is C19H10F6N2O2. The van der Waals surface area contributed by atoms with E-state index >= 15 is 0 Å². The van der Waals surface area contributed by atoms with E-state index in [9.17, 15) is 36.5 Å². The first-order valence-electron chi connectivity index (χ1n) is 7.96. The van der Waals surface area contributed by atoms with Crippen LogP contribution in [0.4, 0.5) is 32.0 Å². The lowest BCUT2D eigenvalue weighted by Gasteiger charge is -2.10. The highest BCUT2D eigenvalue weighted by atomic mass is 19.4. The zero-order valence-electron chi connectivity index (χ0n) is 14.3. The fourth-order valence-electron chi connectivity index (χ4n) is 2.64. The van der Waals surface area contributed by atoms with Crippen LogP contribution in [-0.4, -0.2) is 9.91 Å². The molecule has 0 aliphatic carbocycles. The number of rotatable bonds is 3. The third-order valence-electron chi connectivity index (χ3n) is 4.10. The molecule has 0 fully saturated rings. The number of halogens is 6. The minimum absolute atomic E-state index is 0.101. The summed E-state index contributed by atoms with van der Waals surface area (Å²) < 4.78 is 76.0. The number of aromatic nitrogens is 1. The molecular weight excluding hydrogens is 402 g/mol. The van der Waals surface area contributed by atoms with Crippen LogP contribution >= 0.6 is 0 Å². The number of nitrogens with zero attached hydrogens (tertiary/aromatic N) is 2. The zero-order chi connectivity index (χ0) is 21.4. The van der Waals surface area contributed by atoms with Crippen molar-refractivity contribution in [2.45, 2.75) is 12.4 Å². The molecule has 3 rings (SSSR count). The van der Waals surface area contributed by atoms with Crippen molar-refractivity contribution in [1.82, 2.24) is 4.98 Å². The Morgan fingerprint density at radius 3 is 1.59 bits per heavy atom. The van der Waals surface area contributed by atoms with Crippen LogP contribution < -0.4 is 0 Å². The van der Waals surface area contributed by atoms with E-state index in [1.165, 1.54) is 6.20 Å². The Balaban J connectivity index is 2.01. The Labute approximate surface area is 159 Å². The molecule has 0 bridgehead atoms.